The second-order valence-corrected chi connectivity index (χ2v) is 9.16. The molecule has 160 valence electrons. The Balaban J connectivity index is 1.28. The minimum Gasteiger partial charge on any atom is -0.456 e. The first kappa shape index (κ1) is 20.0. The molecule has 0 unspecified atom stereocenters. The van der Waals surface area contributed by atoms with E-state index in [2.05, 4.69) is 28.4 Å². The topological polar surface area (TPSA) is 64.9 Å². The highest BCUT2D eigenvalue weighted by molar-refractivity contribution is 7.22. The van der Waals surface area contributed by atoms with Crippen molar-refractivity contribution in [2.24, 2.45) is 5.92 Å². The molecule has 1 N–H and O–H groups in total. The smallest absolute Gasteiger partial charge is 0.183 e. The van der Waals surface area contributed by atoms with Gasteiger partial charge in [-0.05, 0) is 43.9 Å². The molecule has 1 saturated carbocycles. The molecule has 0 spiro atoms. The predicted molar refractivity (Wildman–Crippen MR) is 126 cm³/mol. The van der Waals surface area contributed by atoms with Gasteiger partial charge in [0.25, 0.3) is 0 Å². The molecular weight excluding hydrogens is 406 g/mol. The van der Waals surface area contributed by atoms with Gasteiger partial charge in [-0.3, -0.25) is 9.67 Å². The fraction of sp³-hybridized carbons (Fsp3) is 0.375. The number of nitrogens with zero attached hydrogens (tertiary/aromatic N) is 4. The molecule has 31 heavy (non-hydrogen) atoms. The van der Waals surface area contributed by atoms with Gasteiger partial charge in [-0.2, -0.15) is 5.10 Å². The lowest BCUT2D eigenvalue weighted by atomic mass is 9.89. The highest BCUT2D eigenvalue weighted by atomic mass is 32.1. The number of anilines is 1. The van der Waals surface area contributed by atoms with E-state index in [4.69, 9.17) is 9.72 Å². The van der Waals surface area contributed by atoms with Crippen LogP contribution in [0.15, 0.2) is 49.1 Å². The van der Waals surface area contributed by atoms with Gasteiger partial charge in [-0.15, -0.1) is 0 Å². The van der Waals surface area contributed by atoms with Crippen LogP contribution in [0, 0.1) is 5.92 Å². The average molecular weight is 434 g/mol. The van der Waals surface area contributed by atoms with E-state index < -0.39 is 0 Å². The van der Waals surface area contributed by atoms with Gasteiger partial charge >= 0.3 is 0 Å². The van der Waals surface area contributed by atoms with E-state index in [0.717, 1.165) is 51.2 Å². The zero-order chi connectivity index (χ0) is 21.0. The summed E-state index contributed by atoms with van der Waals surface area (Å²) in [4.78, 5) is 9.09. The number of hydrogen-bond acceptors (Lipinski definition) is 6. The lowest BCUT2D eigenvalue weighted by Gasteiger charge is -2.21. The molecule has 3 heterocycles. The lowest BCUT2D eigenvalue weighted by molar-refractivity contribution is 0.373. The molecule has 0 aliphatic heterocycles. The Labute approximate surface area is 186 Å². The summed E-state index contributed by atoms with van der Waals surface area (Å²) in [5.41, 5.74) is 3.03. The maximum absolute atomic E-state index is 6.11. The summed E-state index contributed by atoms with van der Waals surface area (Å²) in [7, 11) is 0. The van der Waals surface area contributed by atoms with Crippen LogP contribution in [0.5, 0.6) is 11.5 Å². The first-order valence-corrected chi connectivity index (χ1v) is 11.9. The largest absolute Gasteiger partial charge is 0.456 e. The Morgan fingerprint density at radius 2 is 1.97 bits per heavy atom. The number of aryl methyl sites for hydroxylation is 1. The Kier molecular flexibility index (Phi) is 5.84. The third-order valence-corrected chi connectivity index (χ3v) is 6.84. The Hall–Kier alpha value is -2.93. The molecule has 1 fully saturated rings. The minimum atomic E-state index is 0.710. The SMILES string of the molecule is CCn1cc(-c2cncc(Oc3ccc4nc(NCC5CCCCC5)sc4c3)c2)cn1. The van der Waals surface area contributed by atoms with Gasteiger partial charge in [0, 0.05) is 42.7 Å². The van der Waals surface area contributed by atoms with E-state index in [-0.39, 0.29) is 0 Å². The third-order valence-electron chi connectivity index (χ3n) is 5.87. The molecule has 0 saturated heterocycles. The summed E-state index contributed by atoms with van der Waals surface area (Å²) in [6.45, 7) is 3.94. The number of fused-ring (bicyclic) bond motifs is 1. The van der Waals surface area contributed by atoms with E-state index in [9.17, 15) is 0 Å². The molecule has 0 atom stereocenters. The van der Waals surface area contributed by atoms with Gasteiger partial charge in [-0.25, -0.2) is 4.98 Å². The average Bonchev–Trinajstić information content (AvgIpc) is 3.45. The van der Waals surface area contributed by atoms with Crippen LogP contribution < -0.4 is 10.1 Å². The Morgan fingerprint density at radius 1 is 1.06 bits per heavy atom. The molecule has 0 bridgehead atoms. The molecule has 0 radical (unpaired) electrons. The van der Waals surface area contributed by atoms with E-state index >= 15 is 0 Å². The van der Waals surface area contributed by atoms with Gasteiger partial charge in [0.05, 0.1) is 22.6 Å². The van der Waals surface area contributed by atoms with Gasteiger partial charge in [0.15, 0.2) is 5.13 Å². The summed E-state index contributed by atoms with van der Waals surface area (Å²) in [6.07, 6.45) is 14.2. The van der Waals surface area contributed by atoms with Crippen molar-refractivity contribution in [2.75, 3.05) is 11.9 Å². The Bertz CT molecular complexity index is 1160. The number of ether oxygens (including phenoxy) is 1. The maximum Gasteiger partial charge on any atom is 0.183 e. The highest BCUT2D eigenvalue weighted by Gasteiger charge is 2.14. The van der Waals surface area contributed by atoms with Crippen molar-refractivity contribution in [1.82, 2.24) is 19.7 Å². The van der Waals surface area contributed by atoms with Gasteiger partial charge in [0.2, 0.25) is 0 Å². The molecule has 1 aromatic carbocycles. The number of thiazole rings is 1. The van der Waals surface area contributed by atoms with Gasteiger partial charge in [-0.1, -0.05) is 30.6 Å². The summed E-state index contributed by atoms with van der Waals surface area (Å²) in [5, 5.41) is 8.89. The van der Waals surface area contributed by atoms with Crippen molar-refractivity contribution in [3.05, 3.63) is 49.1 Å². The number of hydrogen-bond donors (Lipinski definition) is 1. The molecule has 6 nitrogen and oxygen atoms in total. The predicted octanol–water partition coefficient (Wildman–Crippen LogP) is 6.36. The number of pyridine rings is 1. The monoisotopic (exact) mass is 433 g/mol. The number of rotatable bonds is 7. The fourth-order valence-corrected chi connectivity index (χ4v) is 5.02. The highest BCUT2D eigenvalue weighted by Crippen LogP contribution is 2.33. The van der Waals surface area contributed by atoms with Crippen LogP contribution >= 0.6 is 11.3 Å². The van der Waals surface area contributed by atoms with Crippen LogP contribution in [0.4, 0.5) is 5.13 Å². The fourth-order valence-electron chi connectivity index (χ4n) is 4.12. The summed E-state index contributed by atoms with van der Waals surface area (Å²) in [6, 6.07) is 8.04. The van der Waals surface area contributed by atoms with Crippen LogP contribution in [-0.4, -0.2) is 26.3 Å². The standard InChI is InChI=1S/C24H27N5OS/c1-2-29-16-19(14-27-29)18-10-21(15-25-13-18)30-20-8-9-22-23(11-20)31-24(28-22)26-12-17-6-4-3-5-7-17/h8-11,13-17H,2-7,12H2,1H3,(H,26,28). The molecule has 7 heteroatoms. The van der Waals surface area contributed by atoms with Crippen molar-refractivity contribution in [3.63, 3.8) is 0 Å². The van der Waals surface area contributed by atoms with E-state index in [0.29, 0.717) is 5.75 Å². The lowest BCUT2D eigenvalue weighted by Crippen LogP contribution is -2.16. The molecule has 3 aromatic heterocycles. The van der Waals surface area contributed by atoms with Crippen LogP contribution in [0.2, 0.25) is 0 Å². The van der Waals surface area contributed by atoms with Crippen molar-refractivity contribution in [1.29, 1.82) is 0 Å². The van der Waals surface area contributed by atoms with Crippen LogP contribution in [0.1, 0.15) is 39.0 Å². The quantitative estimate of drug-likeness (QED) is 0.367. The summed E-state index contributed by atoms with van der Waals surface area (Å²) < 4.78 is 9.14. The maximum atomic E-state index is 6.11. The normalized spacial score (nSPS) is 14.7. The van der Waals surface area contributed by atoms with Crippen molar-refractivity contribution >= 4 is 26.7 Å². The zero-order valence-corrected chi connectivity index (χ0v) is 18.6. The van der Waals surface area contributed by atoms with Crippen LogP contribution in [-0.2, 0) is 6.54 Å². The number of nitrogens with one attached hydrogen (secondary N) is 1. The summed E-state index contributed by atoms with van der Waals surface area (Å²) >= 11 is 1.69. The Morgan fingerprint density at radius 3 is 2.81 bits per heavy atom. The molecule has 1 aliphatic rings. The first-order chi connectivity index (χ1) is 15.3. The molecule has 5 rings (SSSR count). The van der Waals surface area contributed by atoms with Crippen LogP contribution in [0.3, 0.4) is 0 Å². The second-order valence-electron chi connectivity index (χ2n) is 8.13. The minimum absolute atomic E-state index is 0.710. The molecular formula is C24H27N5OS. The van der Waals surface area contributed by atoms with E-state index in [1.807, 2.05) is 41.5 Å². The van der Waals surface area contributed by atoms with Gasteiger partial charge < -0.3 is 10.1 Å². The third kappa shape index (κ3) is 4.71. The molecule has 0 amide bonds. The first-order valence-electron chi connectivity index (χ1n) is 11.1. The number of benzene rings is 1. The van der Waals surface area contributed by atoms with E-state index in [1.165, 1.54) is 32.1 Å². The van der Waals surface area contributed by atoms with E-state index in [1.54, 1.807) is 17.5 Å². The van der Waals surface area contributed by atoms with Crippen molar-refractivity contribution < 1.29 is 4.74 Å². The molecule has 1 aliphatic carbocycles. The van der Waals surface area contributed by atoms with Crippen molar-refractivity contribution in [3.8, 4) is 22.6 Å². The van der Waals surface area contributed by atoms with Gasteiger partial charge in [0.1, 0.15) is 11.5 Å². The zero-order valence-electron chi connectivity index (χ0n) is 17.8. The molecule has 4 aromatic rings. The number of aromatic nitrogens is 4. The van der Waals surface area contributed by atoms with Crippen molar-refractivity contribution in [2.45, 2.75) is 45.6 Å². The van der Waals surface area contributed by atoms with Crippen LogP contribution in [0.25, 0.3) is 21.3 Å². The summed E-state index contributed by atoms with van der Waals surface area (Å²) in [5.74, 6) is 2.28. The second kappa shape index (κ2) is 9.06.